The number of hydrogen-bond donors (Lipinski definition) is 1. The van der Waals surface area contributed by atoms with Crippen LogP contribution in [0.3, 0.4) is 0 Å². The highest BCUT2D eigenvalue weighted by Crippen LogP contribution is 2.48. The molecule has 0 spiro atoms. The van der Waals surface area contributed by atoms with Crippen LogP contribution in [0, 0.1) is 5.92 Å². The van der Waals surface area contributed by atoms with Crippen LogP contribution in [-0.2, 0) is 23.9 Å². The average molecular weight is 568 g/mol. The fourth-order valence-corrected chi connectivity index (χ4v) is 5.45. The molecule has 37 heavy (non-hydrogen) atoms. The van der Waals surface area contributed by atoms with Crippen molar-refractivity contribution < 1.29 is 28.6 Å². The van der Waals surface area contributed by atoms with Crippen molar-refractivity contribution in [1.29, 1.82) is 0 Å². The molecule has 4 rings (SSSR count). The lowest BCUT2D eigenvalue weighted by Crippen LogP contribution is -2.43. The highest BCUT2D eigenvalue weighted by Gasteiger charge is 2.49. The molecular weight excluding hydrogens is 538 g/mol. The minimum absolute atomic E-state index is 0.154. The Bertz CT molecular complexity index is 1280. The largest absolute Gasteiger partial charge is 0.497 e. The molecule has 0 amide bonds. The SMILES string of the molecule is CCOC(=O)C1=C(C)NC2=C(C(=O)[C@H](C(=O)OCC)[C@@H](c3cccc(OC)c3)C2)[C@@H]1c1ccc(Br)cc1. The van der Waals surface area contributed by atoms with Crippen LogP contribution in [-0.4, -0.2) is 38.0 Å². The normalized spacial score (nSPS) is 21.2. The number of carbonyl (C=O) groups excluding carboxylic acids is 3. The second-order valence-electron chi connectivity index (χ2n) is 8.94. The van der Waals surface area contributed by atoms with E-state index in [-0.39, 0.29) is 19.0 Å². The van der Waals surface area contributed by atoms with Gasteiger partial charge in [0.2, 0.25) is 0 Å². The molecule has 3 atom stereocenters. The van der Waals surface area contributed by atoms with Crippen LogP contribution < -0.4 is 10.1 Å². The molecule has 0 bridgehead atoms. The highest BCUT2D eigenvalue weighted by molar-refractivity contribution is 9.10. The van der Waals surface area contributed by atoms with Crippen LogP contribution >= 0.6 is 15.9 Å². The van der Waals surface area contributed by atoms with E-state index in [1.165, 1.54) is 0 Å². The van der Waals surface area contributed by atoms with Crippen molar-refractivity contribution in [2.45, 2.75) is 39.0 Å². The molecule has 1 aliphatic heterocycles. The van der Waals surface area contributed by atoms with E-state index in [9.17, 15) is 14.4 Å². The van der Waals surface area contributed by atoms with Crippen LogP contribution in [0.15, 0.2) is 75.5 Å². The zero-order valence-electron chi connectivity index (χ0n) is 21.3. The topological polar surface area (TPSA) is 90.9 Å². The Morgan fingerprint density at radius 2 is 1.73 bits per heavy atom. The Kier molecular flexibility index (Phi) is 8.17. The van der Waals surface area contributed by atoms with E-state index in [0.717, 1.165) is 15.6 Å². The number of carbonyl (C=O) groups is 3. The minimum atomic E-state index is -1.06. The highest BCUT2D eigenvalue weighted by atomic mass is 79.9. The molecule has 1 heterocycles. The molecule has 2 aliphatic rings. The Hall–Kier alpha value is -3.39. The first kappa shape index (κ1) is 26.7. The third-order valence-corrected chi connectivity index (χ3v) is 7.31. The van der Waals surface area contributed by atoms with Gasteiger partial charge in [-0.2, -0.15) is 0 Å². The zero-order chi connectivity index (χ0) is 26.7. The number of ketones is 1. The summed E-state index contributed by atoms with van der Waals surface area (Å²) in [6.07, 6.45) is 0.387. The summed E-state index contributed by atoms with van der Waals surface area (Å²) >= 11 is 3.46. The maximum absolute atomic E-state index is 14.3. The zero-order valence-corrected chi connectivity index (χ0v) is 22.9. The van der Waals surface area contributed by atoms with Crippen molar-refractivity contribution >= 4 is 33.7 Å². The standard InChI is InChI=1S/C29H30BrNO6/c1-5-36-28(33)23-16(3)31-22-15-21(18-8-7-9-20(14-18)35-4)25(29(34)37-6-2)27(32)26(22)24(23)17-10-12-19(30)13-11-17/h7-14,21,24-25,31H,5-6,15H2,1-4H3/t21-,24-,25-/m1/s1. The molecular formula is C29H30BrNO6. The third kappa shape index (κ3) is 5.21. The van der Waals surface area contributed by atoms with Gasteiger partial charge in [-0.25, -0.2) is 4.79 Å². The van der Waals surface area contributed by atoms with Crippen molar-refractivity contribution in [1.82, 2.24) is 5.32 Å². The van der Waals surface area contributed by atoms with Gasteiger partial charge in [-0.15, -0.1) is 0 Å². The molecule has 194 valence electrons. The first-order valence-electron chi connectivity index (χ1n) is 12.3. The number of allylic oxidation sites excluding steroid dienone is 3. The molecule has 2 aromatic rings. The van der Waals surface area contributed by atoms with Crippen LogP contribution in [0.5, 0.6) is 5.75 Å². The number of Topliss-reactive ketones (excluding diaryl/α,β-unsaturated/α-hetero) is 1. The van der Waals surface area contributed by atoms with Crippen molar-refractivity contribution in [3.05, 3.63) is 86.7 Å². The maximum atomic E-state index is 14.3. The van der Waals surface area contributed by atoms with Crippen LogP contribution in [0.2, 0.25) is 0 Å². The molecule has 1 N–H and O–H groups in total. The van der Waals surface area contributed by atoms with E-state index in [1.54, 1.807) is 21.0 Å². The van der Waals surface area contributed by atoms with Gasteiger partial charge in [0.15, 0.2) is 5.78 Å². The maximum Gasteiger partial charge on any atom is 0.336 e. The number of halogens is 1. The quantitative estimate of drug-likeness (QED) is 0.364. The van der Waals surface area contributed by atoms with Gasteiger partial charge in [-0.3, -0.25) is 9.59 Å². The summed E-state index contributed by atoms with van der Waals surface area (Å²) in [7, 11) is 1.57. The summed E-state index contributed by atoms with van der Waals surface area (Å²) in [5.41, 5.74) is 3.63. The molecule has 2 aromatic carbocycles. The van der Waals surface area contributed by atoms with Gasteiger partial charge in [0.25, 0.3) is 0 Å². The fraction of sp³-hybridized carbons (Fsp3) is 0.345. The second kappa shape index (κ2) is 11.3. The molecule has 0 fully saturated rings. The lowest BCUT2D eigenvalue weighted by atomic mass is 9.67. The molecule has 0 aromatic heterocycles. The van der Waals surface area contributed by atoms with E-state index in [1.807, 2.05) is 55.5 Å². The molecule has 0 unspecified atom stereocenters. The summed E-state index contributed by atoms with van der Waals surface area (Å²) < 4.78 is 17.0. The summed E-state index contributed by atoms with van der Waals surface area (Å²) in [6.45, 7) is 5.62. The summed E-state index contributed by atoms with van der Waals surface area (Å²) in [5.74, 6) is -3.01. The molecule has 8 heteroatoms. The Morgan fingerprint density at radius 1 is 1.03 bits per heavy atom. The lowest BCUT2D eigenvalue weighted by Gasteiger charge is -2.39. The number of methoxy groups -OCH3 is 1. The van der Waals surface area contributed by atoms with Gasteiger partial charge in [-0.05, 0) is 62.6 Å². The predicted octanol–water partition coefficient (Wildman–Crippen LogP) is 5.17. The average Bonchev–Trinajstić information content (AvgIpc) is 2.88. The Balaban J connectivity index is 1.89. The van der Waals surface area contributed by atoms with E-state index in [4.69, 9.17) is 14.2 Å². The smallest absolute Gasteiger partial charge is 0.336 e. The Morgan fingerprint density at radius 3 is 2.38 bits per heavy atom. The summed E-state index contributed by atoms with van der Waals surface area (Å²) in [5, 5.41) is 3.31. The first-order chi connectivity index (χ1) is 17.8. The van der Waals surface area contributed by atoms with Gasteiger partial charge < -0.3 is 19.5 Å². The van der Waals surface area contributed by atoms with Gasteiger partial charge in [0, 0.05) is 33.3 Å². The van der Waals surface area contributed by atoms with Crippen molar-refractivity contribution in [2.24, 2.45) is 5.92 Å². The van der Waals surface area contributed by atoms with Crippen LogP contribution in [0.1, 0.15) is 50.2 Å². The van der Waals surface area contributed by atoms with E-state index in [2.05, 4.69) is 21.2 Å². The van der Waals surface area contributed by atoms with Gasteiger partial charge in [-0.1, -0.05) is 40.2 Å². The monoisotopic (exact) mass is 567 g/mol. The third-order valence-electron chi connectivity index (χ3n) is 6.78. The number of hydrogen-bond acceptors (Lipinski definition) is 7. The fourth-order valence-electron chi connectivity index (χ4n) is 5.19. The van der Waals surface area contributed by atoms with Crippen molar-refractivity contribution in [2.75, 3.05) is 20.3 Å². The van der Waals surface area contributed by atoms with Gasteiger partial charge >= 0.3 is 11.9 Å². The molecule has 1 aliphatic carbocycles. The van der Waals surface area contributed by atoms with Crippen LogP contribution in [0.25, 0.3) is 0 Å². The number of ether oxygens (including phenoxy) is 3. The number of nitrogens with one attached hydrogen (secondary N) is 1. The van der Waals surface area contributed by atoms with E-state index in [0.29, 0.717) is 34.7 Å². The Labute approximate surface area is 225 Å². The lowest BCUT2D eigenvalue weighted by molar-refractivity contribution is -0.152. The van der Waals surface area contributed by atoms with Crippen molar-refractivity contribution in [3.8, 4) is 5.75 Å². The first-order valence-corrected chi connectivity index (χ1v) is 13.1. The van der Waals surface area contributed by atoms with Gasteiger partial charge in [0.1, 0.15) is 11.7 Å². The second-order valence-corrected chi connectivity index (χ2v) is 9.86. The van der Waals surface area contributed by atoms with Crippen molar-refractivity contribution in [3.63, 3.8) is 0 Å². The minimum Gasteiger partial charge on any atom is -0.497 e. The molecule has 7 nitrogen and oxygen atoms in total. The summed E-state index contributed by atoms with van der Waals surface area (Å²) in [4.78, 5) is 40.7. The van der Waals surface area contributed by atoms with Crippen LogP contribution in [0.4, 0.5) is 0 Å². The number of dihydropyridines is 1. The molecule has 0 saturated carbocycles. The summed E-state index contributed by atoms with van der Waals surface area (Å²) in [6, 6.07) is 14.9. The van der Waals surface area contributed by atoms with E-state index >= 15 is 0 Å². The number of rotatable bonds is 7. The molecule has 0 saturated heterocycles. The van der Waals surface area contributed by atoms with Gasteiger partial charge in [0.05, 0.1) is 25.9 Å². The number of esters is 2. The number of benzene rings is 2. The molecule has 0 radical (unpaired) electrons. The predicted molar refractivity (Wildman–Crippen MR) is 142 cm³/mol. The van der Waals surface area contributed by atoms with E-state index < -0.39 is 29.7 Å².